The minimum atomic E-state index is 0.946. The van der Waals surface area contributed by atoms with Crippen molar-refractivity contribution in [3.05, 3.63) is 64.6 Å². The first-order valence-electron chi connectivity index (χ1n) is 5.97. The minimum absolute atomic E-state index is 0.946. The molecule has 0 aliphatic rings. The van der Waals surface area contributed by atoms with E-state index in [0.29, 0.717) is 0 Å². The maximum atomic E-state index is 3.45. The normalized spacial score (nSPS) is 10.5. The molecule has 0 spiro atoms. The Balaban J connectivity index is 1.63. The standard InChI is InChI=1S/C15H16BrNS/c16-14-6-8-15(9-7-14)18-11-10-17-12-13-4-2-1-3-5-13/h1-9,17H,10-12H2. The zero-order valence-corrected chi connectivity index (χ0v) is 12.5. The summed E-state index contributed by atoms with van der Waals surface area (Å²) in [5, 5.41) is 3.45. The van der Waals surface area contributed by atoms with E-state index >= 15 is 0 Å². The summed E-state index contributed by atoms with van der Waals surface area (Å²) in [4.78, 5) is 1.32. The number of nitrogens with one attached hydrogen (secondary N) is 1. The molecular formula is C15H16BrNS. The van der Waals surface area contributed by atoms with Crippen LogP contribution in [0.25, 0.3) is 0 Å². The smallest absolute Gasteiger partial charge is 0.0205 e. The van der Waals surface area contributed by atoms with Gasteiger partial charge in [-0.05, 0) is 29.8 Å². The molecule has 0 aliphatic heterocycles. The van der Waals surface area contributed by atoms with Gasteiger partial charge in [-0.3, -0.25) is 0 Å². The summed E-state index contributed by atoms with van der Waals surface area (Å²) in [7, 11) is 0. The Morgan fingerprint density at radius 1 is 0.944 bits per heavy atom. The molecule has 1 N–H and O–H groups in total. The number of hydrogen-bond donors (Lipinski definition) is 1. The van der Waals surface area contributed by atoms with Gasteiger partial charge in [0.25, 0.3) is 0 Å². The van der Waals surface area contributed by atoms with Gasteiger partial charge in [0, 0.05) is 28.2 Å². The largest absolute Gasteiger partial charge is 0.312 e. The van der Waals surface area contributed by atoms with Crippen LogP contribution < -0.4 is 5.32 Å². The zero-order chi connectivity index (χ0) is 12.6. The van der Waals surface area contributed by atoms with Crippen LogP contribution in [0.2, 0.25) is 0 Å². The van der Waals surface area contributed by atoms with Crippen molar-refractivity contribution in [3.63, 3.8) is 0 Å². The van der Waals surface area contributed by atoms with Crippen LogP contribution in [0.3, 0.4) is 0 Å². The van der Waals surface area contributed by atoms with Crippen molar-refractivity contribution in [2.75, 3.05) is 12.3 Å². The first kappa shape index (κ1) is 13.7. The van der Waals surface area contributed by atoms with Crippen LogP contribution >= 0.6 is 27.7 Å². The van der Waals surface area contributed by atoms with E-state index < -0.39 is 0 Å². The average molecular weight is 322 g/mol. The van der Waals surface area contributed by atoms with Gasteiger partial charge in [-0.1, -0.05) is 46.3 Å². The van der Waals surface area contributed by atoms with Gasteiger partial charge in [0.1, 0.15) is 0 Å². The lowest BCUT2D eigenvalue weighted by atomic mass is 10.2. The van der Waals surface area contributed by atoms with Gasteiger partial charge in [-0.15, -0.1) is 11.8 Å². The highest BCUT2D eigenvalue weighted by atomic mass is 79.9. The Kier molecular flexibility index (Phi) is 5.78. The summed E-state index contributed by atoms with van der Waals surface area (Å²) in [6, 6.07) is 19.0. The Hall–Kier alpha value is -0.770. The summed E-state index contributed by atoms with van der Waals surface area (Å²) in [5.41, 5.74) is 1.34. The number of rotatable bonds is 6. The maximum absolute atomic E-state index is 3.45. The van der Waals surface area contributed by atoms with Crippen molar-refractivity contribution in [3.8, 4) is 0 Å². The van der Waals surface area contributed by atoms with Crippen molar-refractivity contribution in [1.29, 1.82) is 0 Å². The van der Waals surface area contributed by atoms with Crippen LogP contribution in [0.5, 0.6) is 0 Å². The molecule has 1 nitrogen and oxygen atoms in total. The van der Waals surface area contributed by atoms with E-state index in [1.54, 1.807) is 0 Å². The molecule has 2 rings (SSSR count). The molecule has 0 aliphatic carbocycles. The lowest BCUT2D eigenvalue weighted by Crippen LogP contribution is -2.16. The predicted molar refractivity (Wildman–Crippen MR) is 83.0 cm³/mol. The van der Waals surface area contributed by atoms with Crippen LogP contribution in [0.1, 0.15) is 5.56 Å². The molecule has 2 aromatic carbocycles. The van der Waals surface area contributed by atoms with Gasteiger partial charge in [-0.2, -0.15) is 0 Å². The van der Waals surface area contributed by atoms with Crippen LogP contribution in [-0.2, 0) is 6.54 Å². The van der Waals surface area contributed by atoms with Gasteiger partial charge in [0.05, 0.1) is 0 Å². The van der Waals surface area contributed by atoms with Gasteiger partial charge in [-0.25, -0.2) is 0 Å². The predicted octanol–water partition coefficient (Wildman–Crippen LogP) is 4.33. The fourth-order valence-electron chi connectivity index (χ4n) is 1.60. The molecule has 0 saturated heterocycles. The highest BCUT2D eigenvalue weighted by molar-refractivity contribution is 9.10. The summed E-state index contributed by atoms with van der Waals surface area (Å²) in [5.74, 6) is 1.09. The van der Waals surface area contributed by atoms with E-state index in [4.69, 9.17) is 0 Å². The number of thioether (sulfide) groups is 1. The summed E-state index contributed by atoms with van der Waals surface area (Å²) < 4.78 is 1.13. The fourth-order valence-corrected chi connectivity index (χ4v) is 2.68. The summed E-state index contributed by atoms with van der Waals surface area (Å²) >= 11 is 5.32. The third-order valence-corrected chi connectivity index (χ3v) is 4.08. The average Bonchev–Trinajstić information content (AvgIpc) is 2.42. The summed E-state index contributed by atoms with van der Waals surface area (Å²) in [6.07, 6.45) is 0. The van der Waals surface area contributed by atoms with Gasteiger partial charge >= 0.3 is 0 Å². The highest BCUT2D eigenvalue weighted by Crippen LogP contribution is 2.19. The van der Waals surface area contributed by atoms with Gasteiger partial charge in [0.2, 0.25) is 0 Å². The molecule has 0 unspecified atom stereocenters. The summed E-state index contributed by atoms with van der Waals surface area (Å²) in [6.45, 7) is 1.97. The SMILES string of the molecule is Brc1ccc(SCCNCc2ccccc2)cc1. The molecular weight excluding hydrogens is 306 g/mol. The van der Waals surface area contributed by atoms with Crippen molar-refractivity contribution < 1.29 is 0 Å². The van der Waals surface area contributed by atoms with Crippen LogP contribution in [-0.4, -0.2) is 12.3 Å². The van der Waals surface area contributed by atoms with Gasteiger partial charge in [0.15, 0.2) is 0 Å². The molecule has 0 radical (unpaired) electrons. The Labute approximate surface area is 121 Å². The van der Waals surface area contributed by atoms with Crippen molar-refractivity contribution in [2.45, 2.75) is 11.4 Å². The van der Waals surface area contributed by atoms with E-state index in [1.165, 1.54) is 10.5 Å². The first-order chi connectivity index (χ1) is 8.84. The van der Waals surface area contributed by atoms with E-state index in [0.717, 1.165) is 23.3 Å². The molecule has 94 valence electrons. The second kappa shape index (κ2) is 7.62. The van der Waals surface area contributed by atoms with Crippen molar-refractivity contribution >= 4 is 27.7 Å². The molecule has 0 atom stereocenters. The van der Waals surface area contributed by atoms with Crippen LogP contribution in [0.15, 0.2) is 64.0 Å². The lowest BCUT2D eigenvalue weighted by molar-refractivity contribution is 0.732. The Morgan fingerprint density at radius 3 is 2.39 bits per heavy atom. The number of halogens is 1. The quantitative estimate of drug-likeness (QED) is 0.627. The number of hydrogen-bond acceptors (Lipinski definition) is 2. The monoisotopic (exact) mass is 321 g/mol. The van der Waals surface area contributed by atoms with Crippen LogP contribution in [0, 0.1) is 0 Å². The maximum Gasteiger partial charge on any atom is 0.0205 e. The molecule has 0 fully saturated rings. The van der Waals surface area contributed by atoms with Crippen molar-refractivity contribution in [1.82, 2.24) is 5.32 Å². The van der Waals surface area contributed by atoms with E-state index in [1.807, 2.05) is 17.8 Å². The van der Waals surface area contributed by atoms with Crippen molar-refractivity contribution in [2.24, 2.45) is 0 Å². The van der Waals surface area contributed by atoms with E-state index in [2.05, 4.69) is 69.8 Å². The second-order valence-electron chi connectivity index (χ2n) is 3.96. The molecule has 0 amide bonds. The molecule has 18 heavy (non-hydrogen) atoms. The van der Waals surface area contributed by atoms with Crippen LogP contribution in [0.4, 0.5) is 0 Å². The van der Waals surface area contributed by atoms with Gasteiger partial charge < -0.3 is 5.32 Å². The minimum Gasteiger partial charge on any atom is -0.312 e. The third kappa shape index (κ3) is 4.84. The molecule has 3 heteroatoms. The second-order valence-corrected chi connectivity index (χ2v) is 6.05. The zero-order valence-electron chi connectivity index (χ0n) is 10.1. The first-order valence-corrected chi connectivity index (χ1v) is 7.75. The number of benzene rings is 2. The molecule has 0 aromatic heterocycles. The molecule has 0 bridgehead atoms. The molecule has 0 heterocycles. The molecule has 0 saturated carbocycles. The highest BCUT2D eigenvalue weighted by Gasteiger charge is 1.94. The van der Waals surface area contributed by atoms with E-state index in [-0.39, 0.29) is 0 Å². The topological polar surface area (TPSA) is 12.0 Å². The fraction of sp³-hybridized carbons (Fsp3) is 0.200. The Morgan fingerprint density at radius 2 is 1.67 bits per heavy atom. The lowest BCUT2D eigenvalue weighted by Gasteiger charge is -2.05. The third-order valence-electron chi connectivity index (χ3n) is 2.53. The van der Waals surface area contributed by atoms with E-state index in [9.17, 15) is 0 Å². The Bertz CT molecular complexity index is 456. The molecule has 2 aromatic rings.